The molecule has 0 aliphatic carbocycles. The van der Waals surface area contributed by atoms with Gasteiger partial charge in [-0.15, -0.1) is 0 Å². The second-order valence-electron chi connectivity index (χ2n) is 31.1. The van der Waals surface area contributed by atoms with Gasteiger partial charge < -0.3 is 9.13 Å². The van der Waals surface area contributed by atoms with E-state index in [0.717, 1.165) is 133 Å². The maximum atomic E-state index is 9.47. The molecule has 0 N–H and O–H groups in total. The summed E-state index contributed by atoms with van der Waals surface area (Å²) in [4.78, 5) is 21.3. The molecule has 7 heteroatoms. The number of hydrogen-bond acceptors (Lipinski definition) is 5. The molecule has 0 bridgehead atoms. The van der Waals surface area contributed by atoms with Crippen LogP contribution in [0.15, 0.2) is 431 Å². The van der Waals surface area contributed by atoms with Gasteiger partial charge in [-0.1, -0.05) is 321 Å². The fraction of sp³-hybridized carbons (Fsp3) is 0. The topological polar surface area (TPSA) is 85.2 Å². The van der Waals surface area contributed by atoms with Crippen LogP contribution in [-0.4, -0.2) is 29.1 Å². The summed E-state index contributed by atoms with van der Waals surface area (Å²) in [5.41, 5.74) is 23.8. The summed E-state index contributed by atoms with van der Waals surface area (Å²) in [6, 6.07) is 141. The molecule has 0 radical (unpaired) electrons. The number of hydrogen-bond donors (Lipinski definition) is 0. The molecular weight excluding hydrogens is 1480 g/mol. The summed E-state index contributed by atoms with van der Waals surface area (Å²) >= 11 is 0. The molecule has 24 rings (SSSR count). The minimum Gasteiger partial charge on any atom is -0.309 e. The SMILES string of the molecule is N#Cc1ccc(-c2ccc3nc(-c4ccc(-n5c6ccc(-c7ccc8ccccc8c7)cc6c6cc7ccccc7cc65)c5ccccc45)nc(-c4ccc(-c5ccccc5)cc4)c3c2)cc1.[2H]c1c([2H])c([2H])c(-c2ccc3c(-c4ccccc4)nc(-c4ccc(-n5c6cc7ccccc7cc6c6c(-c7ccccc7)cccc65)c5ccccc45)nc3c2)c([2H])c1[2H]. The van der Waals surface area contributed by atoms with Gasteiger partial charge >= 0.3 is 0 Å². The Morgan fingerprint density at radius 3 is 1.31 bits per heavy atom. The van der Waals surface area contributed by atoms with E-state index in [2.05, 4.69) is 331 Å². The first-order chi connectivity index (χ1) is 62.5. The van der Waals surface area contributed by atoms with E-state index in [9.17, 15) is 5.26 Å². The van der Waals surface area contributed by atoms with Gasteiger partial charge in [0.2, 0.25) is 0 Å². The number of nitriles is 1. The smallest absolute Gasteiger partial charge is 0.161 e. The van der Waals surface area contributed by atoms with E-state index in [-0.39, 0.29) is 29.7 Å². The van der Waals surface area contributed by atoms with Crippen LogP contribution in [0.4, 0.5) is 0 Å². The molecule has 20 aromatic carbocycles. The lowest BCUT2D eigenvalue weighted by Gasteiger charge is -2.16. The first-order valence-electron chi connectivity index (χ1n) is 43.4. The van der Waals surface area contributed by atoms with E-state index in [0.29, 0.717) is 28.3 Å². The molecule has 0 saturated carbocycles. The van der Waals surface area contributed by atoms with Crippen molar-refractivity contribution in [2.24, 2.45) is 0 Å². The summed E-state index contributed by atoms with van der Waals surface area (Å²) in [5.74, 6) is 1.18. The zero-order valence-corrected chi connectivity index (χ0v) is 65.7. The van der Waals surface area contributed by atoms with Crippen molar-refractivity contribution >= 4 is 119 Å². The number of aromatic nitrogens is 6. The normalized spacial score (nSPS) is 12.2. The monoisotopic (exact) mass is 1550 g/mol. The summed E-state index contributed by atoms with van der Waals surface area (Å²) in [7, 11) is 0. The van der Waals surface area contributed by atoms with Crippen molar-refractivity contribution < 1.29 is 6.85 Å². The highest BCUT2D eigenvalue weighted by Crippen LogP contribution is 2.46. The maximum Gasteiger partial charge on any atom is 0.161 e. The van der Waals surface area contributed by atoms with Crippen LogP contribution in [0.5, 0.6) is 0 Å². The fourth-order valence-corrected chi connectivity index (χ4v) is 18.2. The van der Waals surface area contributed by atoms with Crippen LogP contribution in [-0.2, 0) is 0 Å². The van der Waals surface area contributed by atoms with Gasteiger partial charge in [-0.05, 0) is 208 Å². The van der Waals surface area contributed by atoms with Crippen LogP contribution >= 0.6 is 0 Å². The Hall–Kier alpha value is -16.5. The van der Waals surface area contributed by atoms with E-state index >= 15 is 0 Å². The standard InChI is InChI=1S/C63H38N4.C52H33N3/c64-39-40-18-20-44(21-19-40)50-28-31-58-57(37-50)62(45-25-22-43(23-26-45)41-10-2-1-3-11-41)66-63(65-58)54-30-33-59(53-17-9-8-16-52(53)54)67-60-32-29-51(49-27-24-42-12-4-5-13-46(42)34-49)36-55(60)56-35-47-14-6-7-15-48(47)38-61(56)67;1-4-15-34(16-5-1)39-27-28-44-46(32-39)53-52(54-51(44)36-19-8-3-9-20-36)43-29-30-47(42-24-13-12-23-41(42)43)55-48-26-14-25-40(35-17-6-2-7-18-35)50(48)45-31-37-21-10-11-22-38(37)33-49(45)55/h1-38H;1-33H/i;1D,4D,5D,15D,16D. The Balaban J connectivity index is 0.000000147. The molecule has 0 aliphatic heterocycles. The zero-order valence-electron chi connectivity index (χ0n) is 70.7. The van der Waals surface area contributed by atoms with Crippen molar-refractivity contribution in [1.29, 1.82) is 5.26 Å². The summed E-state index contributed by atoms with van der Waals surface area (Å²) in [6.07, 6.45) is 0. The molecule has 7 nitrogen and oxygen atoms in total. The lowest BCUT2D eigenvalue weighted by Crippen LogP contribution is -1.99. The Kier molecular flexibility index (Phi) is 15.9. The van der Waals surface area contributed by atoms with Gasteiger partial charge in [0.05, 0.1) is 74.3 Å². The fourth-order valence-electron chi connectivity index (χ4n) is 18.2. The largest absolute Gasteiger partial charge is 0.309 e. The minimum absolute atomic E-state index is 0.133. The molecule has 0 fully saturated rings. The van der Waals surface area contributed by atoms with Gasteiger partial charge in [-0.25, -0.2) is 19.9 Å². The number of nitrogens with zero attached hydrogens (tertiary/aromatic N) is 7. The van der Waals surface area contributed by atoms with Crippen LogP contribution in [0.25, 0.3) is 232 Å². The molecular formula is C115H71N7. The van der Waals surface area contributed by atoms with Gasteiger partial charge in [-0.3, -0.25) is 0 Å². The Morgan fingerprint density at radius 2 is 0.664 bits per heavy atom. The zero-order chi connectivity index (χ0) is 85.1. The first-order valence-corrected chi connectivity index (χ1v) is 40.9. The summed E-state index contributed by atoms with van der Waals surface area (Å²) in [5, 5.41) is 27.4. The van der Waals surface area contributed by atoms with Gasteiger partial charge in [0.25, 0.3) is 0 Å². The third kappa shape index (κ3) is 12.4. The van der Waals surface area contributed by atoms with E-state index in [4.69, 9.17) is 26.8 Å². The molecule has 24 aromatic rings. The number of fused-ring (bicyclic) bond motifs is 13. The average Bonchev–Trinajstić information content (AvgIpc) is 1.59. The van der Waals surface area contributed by atoms with Crippen LogP contribution in [0, 0.1) is 11.3 Å². The van der Waals surface area contributed by atoms with Crippen LogP contribution in [0.3, 0.4) is 0 Å². The summed E-state index contributed by atoms with van der Waals surface area (Å²) in [6.45, 7) is 0. The summed E-state index contributed by atoms with van der Waals surface area (Å²) < 4.78 is 47.0. The molecule has 566 valence electrons. The highest BCUT2D eigenvalue weighted by molar-refractivity contribution is 6.21. The molecule has 0 atom stereocenters. The van der Waals surface area contributed by atoms with Crippen LogP contribution in [0.2, 0.25) is 0 Å². The highest BCUT2D eigenvalue weighted by Gasteiger charge is 2.25. The van der Waals surface area contributed by atoms with Crippen LogP contribution in [0.1, 0.15) is 12.4 Å². The molecule has 0 unspecified atom stereocenters. The van der Waals surface area contributed by atoms with E-state index in [1.807, 2.05) is 78.9 Å². The third-order valence-corrected chi connectivity index (χ3v) is 24.1. The molecule has 0 aliphatic rings. The van der Waals surface area contributed by atoms with Crippen molar-refractivity contribution in [3.63, 3.8) is 0 Å². The van der Waals surface area contributed by atoms with Crippen molar-refractivity contribution in [2.45, 2.75) is 0 Å². The van der Waals surface area contributed by atoms with Crippen molar-refractivity contribution in [3.05, 3.63) is 436 Å². The number of benzene rings is 20. The average molecular weight is 1560 g/mol. The predicted octanol–water partition coefficient (Wildman–Crippen LogP) is 30.1. The highest BCUT2D eigenvalue weighted by atomic mass is 15.0. The molecule has 4 aromatic heterocycles. The predicted molar refractivity (Wildman–Crippen MR) is 509 cm³/mol. The number of rotatable bonds is 11. The maximum absolute atomic E-state index is 9.47. The first kappa shape index (κ1) is 65.6. The second kappa shape index (κ2) is 29.6. The Bertz CT molecular complexity index is 8680. The van der Waals surface area contributed by atoms with Crippen molar-refractivity contribution in [3.8, 4) is 118 Å². The molecule has 122 heavy (non-hydrogen) atoms. The van der Waals surface area contributed by atoms with Crippen LogP contribution < -0.4 is 0 Å². The molecule has 0 amide bonds. The quantitative estimate of drug-likeness (QED) is 0.129. The second-order valence-corrected chi connectivity index (χ2v) is 31.1. The van der Waals surface area contributed by atoms with Gasteiger partial charge in [0.15, 0.2) is 11.6 Å². The van der Waals surface area contributed by atoms with Crippen molar-refractivity contribution in [2.75, 3.05) is 0 Å². The van der Waals surface area contributed by atoms with E-state index < -0.39 is 6.04 Å². The van der Waals surface area contributed by atoms with Gasteiger partial charge in [-0.2, -0.15) is 5.26 Å². The van der Waals surface area contributed by atoms with E-state index in [1.54, 1.807) is 6.07 Å². The third-order valence-electron chi connectivity index (χ3n) is 24.1. The Morgan fingerprint density at radius 1 is 0.230 bits per heavy atom. The lowest BCUT2D eigenvalue weighted by atomic mass is 9.97. The Labute approximate surface area is 710 Å². The molecule has 0 saturated heterocycles. The molecule has 0 spiro atoms. The van der Waals surface area contributed by atoms with Gasteiger partial charge in [0, 0.05) is 65.3 Å². The van der Waals surface area contributed by atoms with Gasteiger partial charge in [0.1, 0.15) is 0 Å². The van der Waals surface area contributed by atoms with E-state index in [1.165, 1.54) is 70.7 Å². The lowest BCUT2D eigenvalue weighted by molar-refractivity contribution is 1.19. The minimum atomic E-state index is -0.424. The van der Waals surface area contributed by atoms with Crippen molar-refractivity contribution in [1.82, 2.24) is 29.1 Å². The molecule has 4 heterocycles.